The zero-order valence-electron chi connectivity index (χ0n) is 14.3. The zero-order chi connectivity index (χ0) is 28.6. The standard InChI is InChI=1S/C11HBr21O2/c12-2(13,1(33)34)3(14,15)4(16,17)5(18,19)6(20,21)7(22,23)8(24,25)9(26,27)10(28,29)11(30,31)32/h(H,33,34). The molecule has 0 saturated heterocycles. The lowest BCUT2D eigenvalue weighted by Gasteiger charge is -2.59. The largest absolute Gasteiger partial charge is 0.480 e. The molecule has 0 radical (unpaired) electrons. The topological polar surface area (TPSA) is 37.3 Å². The average molecular weight is 1840 g/mol. The Morgan fingerprint density at radius 2 is 0.529 bits per heavy atom. The Hall–Kier alpha value is 9.55. The van der Waals surface area contributed by atoms with E-state index in [1.165, 1.54) is 0 Å². The van der Waals surface area contributed by atoms with Crippen LogP contribution in [0.25, 0.3) is 0 Å². The minimum absolute atomic E-state index is 0.875. The molecule has 2 nitrogen and oxygen atoms in total. The Balaban J connectivity index is 7.11. The number of carbonyl (C=O) groups is 1. The molecule has 0 unspecified atom stereocenters. The molecule has 0 aromatic rings. The van der Waals surface area contributed by atoms with Gasteiger partial charge in [0.1, 0.15) is 25.9 Å². The van der Waals surface area contributed by atoms with Crippen LogP contribution in [0.3, 0.4) is 0 Å². The summed E-state index contributed by atoms with van der Waals surface area (Å²) in [6, 6.07) is 0. The number of carboxylic acids is 1. The van der Waals surface area contributed by atoms with Crippen molar-refractivity contribution in [3.05, 3.63) is 0 Å². The lowest BCUT2D eigenvalue weighted by atomic mass is 10.0. The van der Waals surface area contributed by atoms with Gasteiger partial charge in [-0.25, -0.2) is 4.79 Å². The van der Waals surface area contributed by atoms with Gasteiger partial charge < -0.3 is 5.11 Å². The van der Waals surface area contributed by atoms with E-state index in [1.807, 2.05) is 0 Å². The lowest BCUT2D eigenvalue weighted by Crippen LogP contribution is -2.70. The number of halogens is 21. The third-order valence-electron chi connectivity index (χ3n) is 3.78. The van der Waals surface area contributed by atoms with Gasteiger partial charge in [-0.3, -0.25) is 0 Å². The summed E-state index contributed by atoms with van der Waals surface area (Å²) in [4.78, 5) is 12.1. The molecule has 0 rings (SSSR count). The molecule has 0 heterocycles. The first-order chi connectivity index (χ1) is 14.2. The second-order valence-corrected chi connectivity index (χ2v) is 43.7. The number of alkyl halides is 21. The number of hydrogen-bond acceptors (Lipinski definition) is 1. The fourth-order valence-electron chi connectivity index (χ4n) is 1.69. The van der Waals surface area contributed by atoms with E-state index in [-0.39, 0.29) is 0 Å². The zero-order valence-corrected chi connectivity index (χ0v) is 47.6. The van der Waals surface area contributed by atoms with Crippen LogP contribution >= 0.6 is 335 Å². The van der Waals surface area contributed by atoms with Crippen LogP contribution in [0.4, 0.5) is 0 Å². The average Bonchev–Trinajstić information content (AvgIpc) is 2.58. The third kappa shape index (κ3) is 7.33. The maximum absolute atomic E-state index is 12.1. The van der Waals surface area contributed by atoms with Crippen molar-refractivity contribution < 1.29 is 9.90 Å². The molecule has 23 heteroatoms. The quantitative estimate of drug-likeness (QED) is 0.234. The van der Waals surface area contributed by atoms with E-state index in [4.69, 9.17) is 0 Å². The molecule has 0 saturated carbocycles. The molecule has 0 amide bonds. The molecule has 0 aliphatic rings. The molecule has 34 heavy (non-hydrogen) atoms. The van der Waals surface area contributed by atoms with Crippen molar-refractivity contribution in [3.8, 4) is 0 Å². The van der Waals surface area contributed by atoms with Crippen molar-refractivity contribution in [1.82, 2.24) is 0 Å². The SMILES string of the molecule is O=C(O)C(Br)(Br)C(Br)(Br)C(Br)(Br)C(Br)(Br)C(Br)(Br)C(Br)(Br)C(Br)(Br)C(Br)(Br)C(Br)(Br)C(Br)(Br)Br. The Morgan fingerprint density at radius 1 is 0.353 bits per heavy atom. The van der Waals surface area contributed by atoms with Gasteiger partial charge >= 0.3 is 5.97 Å². The van der Waals surface area contributed by atoms with Gasteiger partial charge in [-0.2, -0.15) is 0 Å². The number of hydrogen-bond donors (Lipinski definition) is 1. The van der Waals surface area contributed by atoms with E-state index in [2.05, 4.69) is 335 Å². The van der Waals surface area contributed by atoms with E-state index in [0.717, 1.165) is 0 Å². The highest BCUT2D eigenvalue weighted by molar-refractivity contribution is 9.42. The van der Waals surface area contributed by atoms with Crippen LogP contribution in [0.2, 0.25) is 0 Å². The predicted molar refractivity (Wildman–Crippen MR) is 222 cm³/mol. The monoisotopic (exact) mass is 1820 g/mol. The summed E-state index contributed by atoms with van der Waals surface area (Å²) in [5, 5.41) is 9.85. The van der Waals surface area contributed by atoms with Crippen LogP contribution in [0.1, 0.15) is 0 Å². The summed E-state index contributed by atoms with van der Waals surface area (Å²) >= 11 is 76.6. The summed E-state index contributed by atoms with van der Waals surface area (Å²) in [6.07, 6.45) is 0. The van der Waals surface area contributed by atoms with E-state index < -0.39 is 37.2 Å². The Morgan fingerprint density at radius 3 is 0.706 bits per heavy atom. The summed E-state index contributed by atoms with van der Waals surface area (Å²) in [5.41, 5.74) is 0. The minimum Gasteiger partial charge on any atom is -0.480 e. The van der Waals surface area contributed by atoms with Gasteiger partial charge in [0, 0.05) is 0 Å². The van der Waals surface area contributed by atoms with Crippen LogP contribution in [0.15, 0.2) is 0 Å². The van der Waals surface area contributed by atoms with Crippen LogP contribution in [-0.4, -0.2) is 42.3 Å². The van der Waals surface area contributed by atoms with Gasteiger partial charge in [0.15, 0.2) is 2.14 Å². The van der Waals surface area contributed by atoms with Gasteiger partial charge in [0.25, 0.3) is 0 Å². The lowest BCUT2D eigenvalue weighted by molar-refractivity contribution is -0.137. The minimum atomic E-state index is -1.71. The highest BCUT2D eigenvalue weighted by atomic mass is 80.0. The van der Waals surface area contributed by atoms with Crippen molar-refractivity contribution in [1.29, 1.82) is 0 Å². The molecule has 0 spiro atoms. The van der Waals surface area contributed by atoms with Crippen LogP contribution in [-0.2, 0) is 4.79 Å². The number of rotatable bonds is 9. The number of carboxylic acid groups (broad SMARTS) is 1. The molecular formula is C11HBr21O2. The van der Waals surface area contributed by atoms with Crippen LogP contribution < -0.4 is 0 Å². The Labute approximate surface area is 373 Å². The van der Waals surface area contributed by atoms with Crippen LogP contribution in [0.5, 0.6) is 0 Å². The highest BCUT2D eigenvalue weighted by Gasteiger charge is 2.80. The molecule has 0 aromatic carbocycles. The van der Waals surface area contributed by atoms with Crippen molar-refractivity contribution >= 4 is 340 Å². The smallest absolute Gasteiger partial charge is 0.333 e. The van der Waals surface area contributed by atoms with Crippen molar-refractivity contribution in [3.63, 3.8) is 0 Å². The van der Waals surface area contributed by atoms with Gasteiger partial charge in [0.2, 0.25) is 3.23 Å². The van der Waals surface area contributed by atoms with E-state index in [0.29, 0.717) is 0 Å². The fraction of sp³-hybridized carbons (Fsp3) is 0.909. The van der Waals surface area contributed by atoms with Gasteiger partial charge in [-0.05, 0) is 0 Å². The molecule has 0 atom stereocenters. The summed E-state index contributed by atoms with van der Waals surface area (Å²) in [6.45, 7) is 0. The first-order valence-electron chi connectivity index (χ1n) is 6.90. The molecule has 1 N–H and O–H groups in total. The van der Waals surface area contributed by atoms with E-state index in [1.54, 1.807) is 0 Å². The molecular weight excluding hydrogens is 1840 g/mol. The van der Waals surface area contributed by atoms with Crippen LogP contribution in [0, 0.1) is 0 Å². The Bertz CT molecular complexity index is 789. The van der Waals surface area contributed by atoms with E-state index >= 15 is 0 Å². The Kier molecular flexibility index (Phi) is 17.9. The second kappa shape index (κ2) is 14.0. The fourth-order valence-corrected chi connectivity index (χ4v) is 20.9. The van der Waals surface area contributed by atoms with Gasteiger partial charge in [0.05, 0.1) is 0 Å². The highest BCUT2D eigenvalue weighted by Crippen LogP contribution is 2.79. The molecule has 0 aliphatic carbocycles. The molecule has 204 valence electrons. The van der Waals surface area contributed by atoms with Crippen molar-refractivity contribution in [2.75, 3.05) is 0 Å². The molecule has 0 bridgehead atoms. The summed E-state index contributed by atoms with van der Waals surface area (Å²) in [7, 11) is 0. The molecule has 0 aromatic heterocycles. The van der Waals surface area contributed by atoms with Gasteiger partial charge in [-0.15, -0.1) is 0 Å². The summed E-state index contributed by atoms with van der Waals surface area (Å²) in [5.74, 6) is -1.21. The normalized spacial score (nSPS) is 16.6. The predicted octanol–water partition coefficient (Wildman–Crippen LogP) is 15.3. The number of aliphatic carboxylic acids is 1. The first kappa shape index (κ1) is 43.6. The molecule has 0 aliphatic heterocycles. The molecule has 0 fully saturated rings. The second-order valence-electron chi connectivity index (χ2n) is 5.97. The maximum Gasteiger partial charge on any atom is 0.333 e. The van der Waals surface area contributed by atoms with Crippen molar-refractivity contribution in [2.45, 2.75) is 31.2 Å². The van der Waals surface area contributed by atoms with Gasteiger partial charge in [-0.1, -0.05) is 335 Å². The third-order valence-corrected chi connectivity index (χ3v) is 46.7. The summed E-state index contributed by atoms with van der Waals surface area (Å²) < 4.78 is -12.4. The first-order valence-corrected chi connectivity index (χ1v) is 23.5. The van der Waals surface area contributed by atoms with Crippen molar-refractivity contribution in [2.24, 2.45) is 0 Å². The van der Waals surface area contributed by atoms with E-state index in [9.17, 15) is 9.90 Å². The maximum atomic E-state index is 12.1.